The summed E-state index contributed by atoms with van der Waals surface area (Å²) in [5.41, 5.74) is 0.698. The third kappa shape index (κ3) is 3.75. The van der Waals surface area contributed by atoms with Crippen LogP contribution in [-0.2, 0) is 0 Å². The molecule has 3 heteroatoms. The van der Waals surface area contributed by atoms with Crippen LogP contribution in [0.15, 0.2) is 30.3 Å². The molecule has 0 saturated heterocycles. The predicted molar refractivity (Wildman–Crippen MR) is 125 cm³/mol. The number of carbonyl (C=O) groups excluding carboxylic acids is 1. The molecule has 4 saturated carbocycles. The van der Waals surface area contributed by atoms with Crippen molar-refractivity contribution in [3.63, 3.8) is 0 Å². The van der Waals surface area contributed by atoms with Gasteiger partial charge in [-0.1, -0.05) is 25.1 Å². The first kappa shape index (κ1) is 21.5. The molecule has 31 heavy (non-hydrogen) atoms. The largest absolute Gasteiger partial charge is 0.390 e. The quantitative estimate of drug-likeness (QED) is 0.643. The minimum atomic E-state index is -0.429. The minimum Gasteiger partial charge on any atom is -0.390 e. The van der Waals surface area contributed by atoms with Gasteiger partial charge in [0.15, 0.2) is 0 Å². The van der Waals surface area contributed by atoms with Crippen molar-refractivity contribution < 1.29 is 9.90 Å². The number of aliphatic hydroxyl groups is 1. The molecule has 4 fully saturated rings. The highest BCUT2D eigenvalue weighted by molar-refractivity contribution is 5.94. The van der Waals surface area contributed by atoms with Gasteiger partial charge in [-0.25, -0.2) is 0 Å². The smallest absolute Gasteiger partial charge is 0.251 e. The Hall–Kier alpha value is -1.35. The van der Waals surface area contributed by atoms with Gasteiger partial charge < -0.3 is 10.4 Å². The molecule has 3 nitrogen and oxygen atoms in total. The van der Waals surface area contributed by atoms with Gasteiger partial charge in [0, 0.05) is 11.6 Å². The first-order chi connectivity index (χ1) is 14.8. The van der Waals surface area contributed by atoms with Gasteiger partial charge in [-0.2, -0.15) is 0 Å². The second-order valence-corrected chi connectivity index (χ2v) is 12.0. The fourth-order valence-electron chi connectivity index (χ4n) is 8.92. The van der Waals surface area contributed by atoms with Crippen molar-refractivity contribution in [1.82, 2.24) is 5.32 Å². The Morgan fingerprint density at radius 1 is 0.968 bits per heavy atom. The van der Waals surface area contributed by atoms with Gasteiger partial charge in [-0.05, 0) is 125 Å². The molecule has 2 unspecified atom stereocenters. The van der Waals surface area contributed by atoms with Crippen LogP contribution in [0.1, 0.15) is 88.9 Å². The van der Waals surface area contributed by atoms with Crippen LogP contribution < -0.4 is 5.32 Å². The molecule has 1 amide bonds. The summed E-state index contributed by atoms with van der Waals surface area (Å²) in [7, 11) is 0. The van der Waals surface area contributed by atoms with Gasteiger partial charge in [-0.15, -0.1) is 0 Å². The molecular weight excluding hydrogens is 382 g/mol. The highest BCUT2D eigenvalue weighted by Gasteiger charge is 2.58. The van der Waals surface area contributed by atoms with E-state index >= 15 is 0 Å². The molecule has 4 aliphatic rings. The van der Waals surface area contributed by atoms with Gasteiger partial charge >= 0.3 is 0 Å². The molecule has 9 atom stereocenters. The van der Waals surface area contributed by atoms with Crippen molar-refractivity contribution in [3.05, 3.63) is 35.9 Å². The normalized spacial score (nSPS) is 45.2. The summed E-state index contributed by atoms with van der Waals surface area (Å²) in [5.74, 6) is 4.80. The fraction of sp³-hybridized carbons (Fsp3) is 0.750. The van der Waals surface area contributed by atoms with Crippen LogP contribution in [0.4, 0.5) is 0 Å². The van der Waals surface area contributed by atoms with Crippen molar-refractivity contribution in [1.29, 1.82) is 0 Å². The lowest BCUT2D eigenvalue weighted by atomic mass is 9.49. The summed E-state index contributed by atoms with van der Waals surface area (Å²) in [4.78, 5) is 12.8. The van der Waals surface area contributed by atoms with Crippen molar-refractivity contribution in [2.45, 2.75) is 90.2 Å². The van der Waals surface area contributed by atoms with E-state index in [0.717, 1.165) is 48.0 Å². The Balaban J connectivity index is 1.28. The fourth-order valence-corrected chi connectivity index (χ4v) is 8.92. The number of nitrogens with one attached hydrogen (secondary N) is 1. The Morgan fingerprint density at radius 2 is 1.71 bits per heavy atom. The summed E-state index contributed by atoms with van der Waals surface area (Å²) in [6, 6.07) is 9.88. The molecule has 5 rings (SSSR count). The van der Waals surface area contributed by atoms with Crippen LogP contribution in [0.3, 0.4) is 0 Å². The van der Waals surface area contributed by atoms with Crippen LogP contribution in [0.25, 0.3) is 0 Å². The SMILES string of the molecule is C[C@@H](NC(=O)c1ccccc1)[C@H]1CCC2[C@@H]3CC[C@@H]4C[C@](C)(O)CC[C@@H]4C3CC[C@@]21C. The Labute approximate surface area is 188 Å². The van der Waals surface area contributed by atoms with Gasteiger partial charge in [0.2, 0.25) is 0 Å². The Morgan fingerprint density at radius 3 is 2.48 bits per heavy atom. The molecule has 4 aliphatic carbocycles. The number of amides is 1. The molecular formula is C28H41NO2. The molecule has 1 aromatic carbocycles. The molecule has 1 aromatic rings. The summed E-state index contributed by atoms with van der Waals surface area (Å²) >= 11 is 0. The topological polar surface area (TPSA) is 49.3 Å². The number of carbonyl (C=O) groups is 1. The first-order valence-corrected chi connectivity index (χ1v) is 12.9. The van der Waals surface area contributed by atoms with Gasteiger partial charge in [0.05, 0.1) is 5.60 Å². The zero-order valence-electron chi connectivity index (χ0n) is 19.6. The zero-order valence-corrected chi connectivity index (χ0v) is 19.6. The van der Waals surface area contributed by atoms with E-state index in [1.165, 1.54) is 44.9 Å². The van der Waals surface area contributed by atoms with Crippen LogP contribution in [-0.4, -0.2) is 22.7 Å². The van der Waals surface area contributed by atoms with Crippen LogP contribution in [0.2, 0.25) is 0 Å². The van der Waals surface area contributed by atoms with E-state index in [0.29, 0.717) is 11.3 Å². The average molecular weight is 424 g/mol. The minimum absolute atomic E-state index is 0.0728. The van der Waals surface area contributed by atoms with Crippen molar-refractivity contribution >= 4 is 5.91 Å². The molecule has 0 bridgehead atoms. The average Bonchev–Trinajstić information content (AvgIpc) is 3.10. The van der Waals surface area contributed by atoms with Gasteiger partial charge in [-0.3, -0.25) is 4.79 Å². The molecule has 170 valence electrons. The third-order valence-electron chi connectivity index (χ3n) is 10.3. The lowest BCUT2D eigenvalue weighted by Gasteiger charge is -2.57. The summed E-state index contributed by atoms with van der Waals surface area (Å²) in [6.07, 6.45) is 11.2. The second-order valence-electron chi connectivity index (χ2n) is 12.0. The monoisotopic (exact) mass is 423 g/mol. The molecule has 0 radical (unpaired) electrons. The summed E-state index contributed by atoms with van der Waals surface area (Å²) in [6.45, 7) is 6.85. The Kier molecular flexibility index (Phi) is 5.48. The van der Waals surface area contributed by atoms with E-state index in [9.17, 15) is 9.90 Å². The van der Waals surface area contributed by atoms with Crippen LogP contribution in [0, 0.1) is 40.9 Å². The maximum Gasteiger partial charge on any atom is 0.251 e. The third-order valence-corrected chi connectivity index (χ3v) is 10.3. The number of rotatable bonds is 3. The molecule has 0 aromatic heterocycles. The van der Waals surface area contributed by atoms with Crippen LogP contribution >= 0.6 is 0 Å². The van der Waals surface area contributed by atoms with Crippen LogP contribution in [0.5, 0.6) is 0 Å². The highest BCUT2D eigenvalue weighted by atomic mass is 16.3. The van der Waals surface area contributed by atoms with Gasteiger partial charge in [0.1, 0.15) is 0 Å². The standard InChI is InChI=1S/C28H41NO2/c1-18(29-26(30)19-7-5-4-6-8-19)24-11-12-25-23-10-9-20-17-27(2,31)15-13-21(20)22(23)14-16-28(24,25)3/h4-8,18,20-25,31H,9-17H2,1-3H3,(H,29,30)/t18-,20-,21+,22?,23-,24-,25?,27-,28-/m1/s1. The maximum atomic E-state index is 12.8. The van der Waals surface area contributed by atoms with E-state index in [-0.39, 0.29) is 11.9 Å². The lowest BCUT2D eigenvalue weighted by Crippen LogP contribution is -2.52. The first-order valence-electron chi connectivity index (χ1n) is 12.9. The van der Waals surface area contributed by atoms with E-state index in [2.05, 4.69) is 26.1 Å². The zero-order chi connectivity index (χ0) is 21.8. The van der Waals surface area contributed by atoms with Gasteiger partial charge in [0.25, 0.3) is 5.91 Å². The summed E-state index contributed by atoms with van der Waals surface area (Å²) < 4.78 is 0. The number of benzene rings is 1. The number of hydrogen-bond donors (Lipinski definition) is 2. The second kappa shape index (κ2) is 7.90. The van der Waals surface area contributed by atoms with E-state index < -0.39 is 5.60 Å². The highest BCUT2D eigenvalue weighted by Crippen LogP contribution is 2.65. The Bertz CT molecular complexity index is 804. The molecule has 0 aliphatic heterocycles. The lowest BCUT2D eigenvalue weighted by molar-refractivity contribution is -0.101. The summed E-state index contributed by atoms with van der Waals surface area (Å²) in [5, 5.41) is 14.0. The van der Waals surface area contributed by atoms with E-state index in [1.54, 1.807) is 0 Å². The van der Waals surface area contributed by atoms with Crippen molar-refractivity contribution in [2.75, 3.05) is 0 Å². The van der Waals surface area contributed by atoms with Crippen molar-refractivity contribution in [3.8, 4) is 0 Å². The van der Waals surface area contributed by atoms with E-state index in [4.69, 9.17) is 0 Å². The predicted octanol–water partition coefficient (Wildman–Crippen LogP) is 5.82. The maximum absolute atomic E-state index is 12.8. The number of fused-ring (bicyclic) bond motifs is 5. The van der Waals surface area contributed by atoms with Crippen molar-refractivity contribution in [2.24, 2.45) is 40.9 Å². The molecule has 0 heterocycles. The molecule has 0 spiro atoms. The molecule has 2 N–H and O–H groups in total. The number of hydrogen-bond acceptors (Lipinski definition) is 2. The van der Waals surface area contributed by atoms with E-state index in [1.807, 2.05) is 30.3 Å².